The van der Waals surface area contributed by atoms with Gasteiger partial charge in [-0.2, -0.15) is 11.8 Å². The number of phenols is 2. The van der Waals surface area contributed by atoms with Crippen LogP contribution in [0.4, 0.5) is 0 Å². The minimum Gasteiger partial charge on any atom is -0.508 e. The average molecular weight is 1530 g/mol. The smallest absolute Gasteiger partial charge is 0.326 e. The predicted octanol–water partition coefficient (Wildman–Crippen LogP) is -2.09. The molecule has 0 bridgehead atoms. The summed E-state index contributed by atoms with van der Waals surface area (Å²) in [5.74, 6) is -14.6. The standard InChI is InChI=1S/C71H116N18O17S/c1-11-39(7)57(88-67(102)52(33-38(5)6)86-65(100)51(32-37(3)4)85-64(99)49(26-27-55(74)92)80-60(95)46(73)34-42-18-22-44(90)23-19-42)69(104)83-48(17-15-30-78-71(76)77)62(97)82-50(28-31-107-10)61(96)79-41(9)59(94)84-53(35-43-20-24-45(91)25-21-43)66(101)81-47(16-13-14-29-72)63(98)87-54(36-56(75)93)68(103)89-58(70(105)106)40(8)12-2/h18-25,37-41,46-54,57-58,90-91H,11-17,26-36,72-73H2,1-10H3,(H2,74,92)(H2,75,93)(H,79,96)(H,80,95)(H,81,101)(H,82,97)(H,83,104)(H,84,94)(H,85,99)(H,86,100)(H,87,98)(H,88,102)(H,89,103)(H,105,106)(H4,76,77,78)/t39-,40-,41-,46-,47-,48-,49-,50-,51-,52-,53-,54-,57-,58-/m0/s1. The summed E-state index contributed by atoms with van der Waals surface area (Å²) in [6, 6.07) is -5.34. The number of guanidine groups is 1. The van der Waals surface area contributed by atoms with Crippen LogP contribution in [0.3, 0.4) is 0 Å². The summed E-state index contributed by atoms with van der Waals surface area (Å²) in [7, 11) is 0. The topological polar surface area (TPSA) is 600 Å². The van der Waals surface area contributed by atoms with Crippen LogP contribution in [0.1, 0.15) is 157 Å². The zero-order valence-electron chi connectivity index (χ0n) is 63.0. The Morgan fingerprint density at radius 3 is 1.30 bits per heavy atom. The van der Waals surface area contributed by atoms with Gasteiger partial charge in [-0.15, -0.1) is 0 Å². The first-order valence-electron chi connectivity index (χ1n) is 36.0. The highest BCUT2D eigenvalue weighted by Gasteiger charge is 2.38. The van der Waals surface area contributed by atoms with E-state index in [2.05, 4.69) is 63.5 Å². The third kappa shape index (κ3) is 35.4. The van der Waals surface area contributed by atoms with Gasteiger partial charge in [0, 0.05) is 19.4 Å². The normalized spacial score (nSPS) is 15.1. The molecule has 35 nitrogen and oxygen atoms in total. The number of benzene rings is 2. The van der Waals surface area contributed by atoms with Gasteiger partial charge in [0.05, 0.1) is 12.5 Å². The van der Waals surface area contributed by atoms with Crippen LogP contribution in [-0.4, -0.2) is 202 Å². The van der Waals surface area contributed by atoms with Crippen molar-refractivity contribution >= 4 is 100 Å². The number of nitrogens with zero attached hydrogens (tertiary/aromatic N) is 1. The van der Waals surface area contributed by atoms with E-state index in [9.17, 15) is 82.4 Å². The Bertz CT molecular complexity index is 3310. The molecule has 0 aliphatic carbocycles. The molecule has 2 rings (SSSR count). The summed E-state index contributed by atoms with van der Waals surface area (Å²) < 4.78 is 0. The SMILES string of the molecule is CC[C@H](C)[C@H](NC(=O)[C@H](CC(N)=O)NC(=O)[C@H](CCCCN)NC(=O)[C@H](Cc1ccc(O)cc1)NC(=O)[C@H](C)NC(=O)[C@H](CCSC)NC(=O)[C@H](CCCN=C(N)N)NC(=O)[C@@H](NC(=O)[C@H](CC(C)C)NC(=O)[C@H](CC(C)C)NC(=O)[C@H](CCC(N)=O)NC(=O)[C@@H](N)Cc1ccc(O)cc1)[C@@H](C)CC)C(=O)O. The molecule has 0 spiro atoms. The molecule has 36 heteroatoms. The number of nitrogens with two attached hydrogens (primary N) is 6. The third-order valence-electron chi connectivity index (χ3n) is 17.5. The third-order valence-corrected chi connectivity index (χ3v) is 18.1. The number of carbonyl (C=O) groups excluding carboxylic acids is 13. The number of amides is 13. The molecule has 598 valence electrons. The highest BCUT2D eigenvalue weighted by atomic mass is 32.2. The van der Waals surface area contributed by atoms with E-state index in [0.717, 1.165) is 0 Å². The van der Waals surface area contributed by atoms with Crippen molar-refractivity contribution in [2.75, 3.05) is 25.1 Å². The first-order valence-corrected chi connectivity index (χ1v) is 37.4. The predicted molar refractivity (Wildman–Crippen MR) is 402 cm³/mol. The van der Waals surface area contributed by atoms with Gasteiger partial charge in [0.1, 0.15) is 78.0 Å². The molecule has 0 aliphatic heterocycles. The quantitative estimate of drug-likeness (QED) is 0.0192. The van der Waals surface area contributed by atoms with Crippen molar-refractivity contribution in [1.29, 1.82) is 0 Å². The number of hydrogen-bond acceptors (Lipinski definition) is 20. The second kappa shape index (κ2) is 48.4. The molecule has 0 aromatic heterocycles. The number of thioether (sulfide) groups is 1. The number of nitrogens with one attached hydrogen (secondary N) is 11. The van der Waals surface area contributed by atoms with Crippen molar-refractivity contribution in [2.24, 2.45) is 63.1 Å². The maximum atomic E-state index is 14.7. The van der Waals surface area contributed by atoms with E-state index in [4.69, 9.17) is 34.4 Å². The molecule has 0 fully saturated rings. The van der Waals surface area contributed by atoms with Gasteiger partial charge in [0.25, 0.3) is 0 Å². The van der Waals surface area contributed by atoms with Gasteiger partial charge in [-0.3, -0.25) is 67.3 Å². The first kappa shape index (κ1) is 93.2. The Labute approximate surface area is 629 Å². The number of carboxylic acids is 1. The maximum Gasteiger partial charge on any atom is 0.326 e. The van der Waals surface area contributed by atoms with Crippen molar-refractivity contribution in [2.45, 2.75) is 231 Å². The Morgan fingerprint density at radius 1 is 0.439 bits per heavy atom. The Balaban J connectivity index is 2.52. The van der Waals surface area contributed by atoms with Crippen LogP contribution in [0.5, 0.6) is 11.5 Å². The van der Waals surface area contributed by atoms with Crippen LogP contribution in [0.25, 0.3) is 0 Å². The fourth-order valence-electron chi connectivity index (χ4n) is 10.9. The zero-order chi connectivity index (χ0) is 80.8. The van der Waals surface area contributed by atoms with Crippen molar-refractivity contribution in [3.8, 4) is 11.5 Å². The number of aliphatic carboxylic acids is 1. The molecule has 0 unspecified atom stereocenters. The van der Waals surface area contributed by atoms with Gasteiger partial charge in [0.2, 0.25) is 76.8 Å². The Kier molecular flexibility index (Phi) is 42.2. The summed E-state index contributed by atoms with van der Waals surface area (Å²) in [5, 5.41) is 58.4. The van der Waals surface area contributed by atoms with Crippen molar-refractivity contribution in [3.05, 3.63) is 59.7 Å². The van der Waals surface area contributed by atoms with Crippen LogP contribution in [0.15, 0.2) is 53.5 Å². The fourth-order valence-corrected chi connectivity index (χ4v) is 11.4. The lowest BCUT2D eigenvalue weighted by atomic mass is 9.95. The second-order valence-electron chi connectivity index (χ2n) is 27.6. The van der Waals surface area contributed by atoms with Crippen LogP contribution in [0, 0.1) is 23.7 Å². The molecule has 0 saturated carbocycles. The van der Waals surface area contributed by atoms with E-state index < -0.39 is 174 Å². The zero-order valence-corrected chi connectivity index (χ0v) is 63.8. The van der Waals surface area contributed by atoms with E-state index in [1.165, 1.54) is 55.1 Å². The molecule has 2 aromatic rings. The number of primary amides is 2. The summed E-state index contributed by atoms with van der Waals surface area (Å²) in [6.45, 7) is 15.3. The summed E-state index contributed by atoms with van der Waals surface area (Å²) >= 11 is 1.32. The van der Waals surface area contributed by atoms with Gasteiger partial charge in [-0.25, -0.2) is 4.79 Å². The Hall–Kier alpha value is -9.84. The minimum atomic E-state index is -1.69. The van der Waals surface area contributed by atoms with Gasteiger partial charge in [-0.1, -0.05) is 92.5 Å². The van der Waals surface area contributed by atoms with E-state index >= 15 is 0 Å². The molecule has 0 heterocycles. The number of hydrogen-bond donors (Lipinski definition) is 20. The molecular formula is C71H116N18O17S. The summed E-state index contributed by atoms with van der Waals surface area (Å²) in [4.78, 5) is 197. The molecule has 107 heavy (non-hydrogen) atoms. The molecule has 0 saturated heterocycles. The number of phenolic OH excluding ortho intramolecular Hbond substituents is 2. The molecule has 0 radical (unpaired) electrons. The highest BCUT2D eigenvalue weighted by molar-refractivity contribution is 7.98. The molecule has 14 atom stereocenters. The largest absolute Gasteiger partial charge is 0.508 e. The van der Waals surface area contributed by atoms with Gasteiger partial charge >= 0.3 is 5.97 Å². The van der Waals surface area contributed by atoms with E-state index in [0.29, 0.717) is 30.4 Å². The van der Waals surface area contributed by atoms with Crippen molar-refractivity contribution in [3.63, 3.8) is 0 Å². The van der Waals surface area contributed by atoms with E-state index in [1.807, 2.05) is 0 Å². The number of carbonyl (C=O) groups is 14. The van der Waals surface area contributed by atoms with Gasteiger partial charge < -0.3 is 108 Å². The number of aromatic hydroxyl groups is 2. The average Bonchev–Trinajstić information content (AvgIpc) is 0.850. The van der Waals surface area contributed by atoms with Gasteiger partial charge in [-0.05, 0) is 149 Å². The lowest BCUT2D eigenvalue weighted by Crippen LogP contribution is -2.61. The molecule has 0 aliphatic rings. The molecule has 2 aromatic carbocycles. The van der Waals surface area contributed by atoms with Crippen LogP contribution in [-0.2, 0) is 80.0 Å². The molecule has 26 N–H and O–H groups in total. The highest BCUT2D eigenvalue weighted by Crippen LogP contribution is 2.18. The molecular weight excluding hydrogens is 1410 g/mol. The van der Waals surface area contributed by atoms with Crippen molar-refractivity contribution in [1.82, 2.24) is 58.5 Å². The first-order chi connectivity index (χ1) is 50.3. The van der Waals surface area contributed by atoms with Crippen molar-refractivity contribution < 1.29 is 82.4 Å². The summed E-state index contributed by atoms with van der Waals surface area (Å²) in [5.41, 5.74) is 35.1. The maximum absolute atomic E-state index is 14.7. The lowest BCUT2D eigenvalue weighted by Gasteiger charge is -2.30. The number of unbranched alkanes of at least 4 members (excludes halogenated alkanes) is 1. The number of carboxylic acid groups (broad SMARTS) is 1. The number of aliphatic imine (C=N–C) groups is 1. The lowest BCUT2D eigenvalue weighted by molar-refractivity contribution is -0.144. The summed E-state index contributed by atoms with van der Waals surface area (Å²) in [6.07, 6.45) is 1.33. The number of rotatable bonds is 51. The van der Waals surface area contributed by atoms with Gasteiger partial charge in [0.15, 0.2) is 5.96 Å². The van der Waals surface area contributed by atoms with Crippen LogP contribution >= 0.6 is 11.8 Å². The Morgan fingerprint density at radius 2 is 0.832 bits per heavy atom. The molecule has 13 amide bonds. The van der Waals surface area contributed by atoms with E-state index in [1.54, 1.807) is 73.8 Å². The monoisotopic (exact) mass is 1520 g/mol. The second-order valence-corrected chi connectivity index (χ2v) is 28.6. The van der Waals surface area contributed by atoms with Crippen LogP contribution < -0.4 is 92.9 Å². The van der Waals surface area contributed by atoms with Crippen LogP contribution in [0.2, 0.25) is 0 Å². The van der Waals surface area contributed by atoms with E-state index in [-0.39, 0.29) is 119 Å². The fraction of sp³-hybridized carbons (Fsp3) is 0.620. The minimum absolute atomic E-state index is 0.00363.